The fraction of sp³-hybridized carbons (Fsp3) is 0.433. The van der Waals surface area contributed by atoms with Crippen molar-refractivity contribution in [1.82, 2.24) is 25.1 Å². The number of para-hydroxylation sites is 1. The second-order valence-corrected chi connectivity index (χ2v) is 10.8. The molecule has 1 aliphatic heterocycles. The van der Waals surface area contributed by atoms with Gasteiger partial charge in [0.2, 0.25) is 5.95 Å². The predicted molar refractivity (Wildman–Crippen MR) is 162 cm³/mol. The van der Waals surface area contributed by atoms with Gasteiger partial charge < -0.3 is 30.7 Å². The van der Waals surface area contributed by atoms with Crippen LogP contribution in [0.4, 0.5) is 17.5 Å². The summed E-state index contributed by atoms with van der Waals surface area (Å²) < 4.78 is 6.05. The number of β-amino-alcohol motifs (C(OH)–C–C–N with tert-alkyl or cyclic N) is 1. The Kier molecular flexibility index (Phi) is 9.56. The van der Waals surface area contributed by atoms with Gasteiger partial charge in [0.15, 0.2) is 5.82 Å². The first-order valence-corrected chi connectivity index (χ1v) is 14.5. The van der Waals surface area contributed by atoms with Crippen LogP contribution in [0.25, 0.3) is 0 Å². The summed E-state index contributed by atoms with van der Waals surface area (Å²) in [5, 5.41) is 18.9. The second kappa shape index (κ2) is 13.5. The number of hydrogen-bond donors (Lipinski definition) is 4. The summed E-state index contributed by atoms with van der Waals surface area (Å²) >= 11 is 6.44. The smallest absolute Gasteiger partial charge is 0.253 e. The predicted octanol–water partition coefficient (Wildman–Crippen LogP) is 3.57. The van der Waals surface area contributed by atoms with Crippen molar-refractivity contribution in [2.24, 2.45) is 0 Å². The van der Waals surface area contributed by atoms with Crippen molar-refractivity contribution in [1.29, 1.82) is 0 Å². The van der Waals surface area contributed by atoms with Crippen molar-refractivity contribution >= 4 is 35.0 Å². The third kappa shape index (κ3) is 6.73. The van der Waals surface area contributed by atoms with E-state index in [1.807, 2.05) is 12.1 Å². The molecule has 218 valence electrons. The maximum atomic E-state index is 12.3. The molecule has 2 aromatic rings. The number of amides is 1. The molecule has 1 amide bonds. The number of carbonyl (C=O) groups excluding carboxylic acids is 1. The van der Waals surface area contributed by atoms with E-state index in [2.05, 4.69) is 53.9 Å². The van der Waals surface area contributed by atoms with Crippen LogP contribution in [0.2, 0.25) is 5.02 Å². The van der Waals surface area contributed by atoms with Gasteiger partial charge in [0.25, 0.3) is 5.91 Å². The molecule has 2 aliphatic carbocycles. The molecule has 0 bridgehead atoms. The lowest BCUT2D eigenvalue weighted by Crippen LogP contribution is -2.46. The molecule has 2 atom stereocenters. The van der Waals surface area contributed by atoms with E-state index < -0.39 is 0 Å². The van der Waals surface area contributed by atoms with Crippen LogP contribution in [0.1, 0.15) is 29.6 Å². The van der Waals surface area contributed by atoms with Crippen LogP contribution in [0.3, 0.4) is 0 Å². The number of benzene rings is 1. The van der Waals surface area contributed by atoms with Crippen molar-refractivity contribution in [2.45, 2.75) is 31.4 Å². The van der Waals surface area contributed by atoms with Gasteiger partial charge in [0.05, 0.1) is 30.1 Å². The Bertz CT molecular complexity index is 1340. The van der Waals surface area contributed by atoms with Crippen LogP contribution < -0.4 is 16.0 Å². The number of nitrogens with one attached hydrogen (secondary N) is 3. The number of methoxy groups -OCH3 is 1. The highest BCUT2D eigenvalue weighted by molar-refractivity contribution is 6.33. The maximum Gasteiger partial charge on any atom is 0.253 e. The number of ether oxygens (including phenoxy) is 1. The third-order valence-corrected chi connectivity index (χ3v) is 8.23. The summed E-state index contributed by atoms with van der Waals surface area (Å²) in [4.78, 5) is 26.2. The summed E-state index contributed by atoms with van der Waals surface area (Å²) in [6, 6.07) is 7.17. The van der Waals surface area contributed by atoms with Gasteiger partial charge in [-0.3, -0.25) is 9.69 Å². The highest BCUT2D eigenvalue weighted by Gasteiger charge is 2.33. The van der Waals surface area contributed by atoms with E-state index in [0.29, 0.717) is 28.0 Å². The van der Waals surface area contributed by atoms with Crippen LogP contribution >= 0.6 is 11.6 Å². The minimum Gasteiger partial charge on any atom is -0.395 e. The summed E-state index contributed by atoms with van der Waals surface area (Å²) in [6.45, 7) is 4.82. The molecule has 2 unspecified atom stereocenters. The minimum absolute atomic E-state index is 0.0286. The quantitative estimate of drug-likeness (QED) is 0.354. The SMILES string of the molecule is CNC(=O)c1ccccc1Nc1nc(NC2CCC3=C(C=CC=C(N4CCN(CCO)CC4)C3)C2OC)ncc1Cl. The van der Waals surface area contributed by atoms with E-state index >= 15 is 0 Å². The molecule has 1 saturated heterocycles. The zero-order valence-corrected chi connectivity index (χ0v) is 24.3. The Hall–Kier alpha value is -3.44. The fourth-order valence-corrected chi connectivity index (χ4v) is 5.92. The number of allylic oxidation sites excluding steroid dienone is 3. The zero-order chi connectivity index (χ0) is 28.8. The molecule has 3 aliphatic rings. The van der Waals surface area contributed by atoms with Gasteiger partial charge in [-0.15, -0.1) is 0 Å². The number of anilines is 3. The number of nitrogens with zero attached hydrogens (tertiary/aromatic N) is 4. The fourth-order valence-electron chi connectivity index (χ4n) is 5.79. The number of aliphatic hydroxyl groups excluding tert-OH is 1. The van der Waals surface area contributed by atoms with Gasteiger partial charge in [0, 0.05) is 59.0 Å². The molecule has 0 saturated carbocycles. The summed E-state index contributed by atoms with van der Waals surface area (Å²) in [5.41, 5.74) is 5.03. The lowest BCUT2D eigenvalue weighted by molar-refractivity contribution is 0.0964. The van der Waals surface area contributed by atoms with E-state index in [0.717, 1.165) is 52.0 Å². The number of hydrogen-bond acceptors (Lipinski definition) is 9. The monoisotopic (exact) mass is 579 g/mol. The number of aliphatic hydroxyl groups is 1. The van der Waals surface area contributed by atoms with Crippen LogP contribution in [0.5, 0.6) is 0 Å². The molecule has 2 heterocycles. The average molecular weight is 580 g/mol. The van der Waals surface area contributed by atoms with Crippen molar-refractivity contribution in [3.05, 3.63) is 76.1 Å². The highest BCUT2D eigenvalue weighted by Crippen LogP contribution is 2.36. The van der Waals surface area contributed by atoms with Crippen LogP contribution in [0, 0.1) is 0 Å². The average Bonchev–Trinajstić information content (AvgIpc) is 3.22. The molecule has 1 fully saturated rings. The topological polar surface area (TPSA) is 115 Å². The lowest BCUT2D eigenvalue weighted by atomic mass is 9.84. The molecule has 0 radical (unpaired) electrons. The zero-order valence-electron chi connectivity index (χ0n) is 23.6. The van der Waals surface area contributed by atoms with Crippen molar-refractivity contribution in [2.75, 3.05) is 64.1 Å². The molecule has 1 aromatic heterocycles. The Balaban J connectivity index is 1.29. The molecule has 11 heteroatoms. The highest BCUT2D eigenvalue weighted by atomic mass is 35.5. The van der Waals surface area contributed by atoms with Crippen molar-refractivity contribution in [3.63, 3.8) is 0 Å². The first kappa shape index (κ1) is 29.1. The van der Waals surface area contributed by atoms with E-state index in [9.17, 15) is 9.90 Å². The Morgan fingerprint density at radius 2 is 2.02 bits per heavy atom. The standard InChI is InChI=1S/C30H38ClN7O3/c1-32-29(40)23-7-3-4-9-25(23)34-28-24(31)19-33-30(36-28)35-26-11-10-20-18-21(6-5-8-22(20)27(26)41-2)38-14-12-37(13-15-38)16-17-39/h3-9,19,26-27,39H,10-18H2,1-2H3,(H,32,40)(H2,33,34,35,36). The first-order chi connectivity index (χ1) is 20.0. The lowest BCUT2D eigenvalue weighted by Gasteiger charge is -2.38. The van der Waals surface area contributed by atoms with Gasteiger partial charge in [-0.25, -0.2) is 4.98 Å². The van der Waals surface area contributed by atoms with Gasteiger partial charge in [-0.2, -0.15) is 4.98 Å². The first-order valence-electron chi connectivity index (χ1n) is 14.1. The number of rotatable bonds is 9. The molecule has 41 heavy (non-hydrogen) atoms. The maximum absolute atomic E-state index is 12.3. The summed E-state index contributed by atoms with van der Waals surface area (Å²) in [6.07, 6.45) is 10.7. The van der Waals surface area contributed by atoms with E-state index in [1.54, 1.807) is 32.5 Å². The molecule has 0 spiro atoms. The molecular formula is C30H38ClN7O3. The molecule has 1 aromatic carbocycles. The Labute approximate surface area is 246 Å². The largest absolute Gasteiger partial charge is 0.395 e. The summed E-state index contributed by atoms with van der Waals surface area (Å²) in [7, 11) is 3.34. The van der Waals surface area contributed by atoms with Crippen LogP contribution in [0.15, 0.2) is 65.5 Å². The molecular weight excluding hydrogens is 542 g/mol. The van der Waals surface area contributed by atoms with Crippen molar-refractivity contribution < 1.29 is 14.6 Å². The van der Waals surface area contributed by atoms with Crippen LogP contribution in [-0.4, -0.2) is 96.4 Å². The van der Waals surface area contributed by atoms with Gasteiger partial charge >= 0.3 is 0 Å². The van der Waals surface area contributed by atoms with E-state index in [4.69, 9.17) is 16.3 Å². The normalized spacial score (nSPS) is 21.2. The molecule has 10 nitrogen and oxygen atoms in total. The van der Waals surface area contributed by atoms with Gasteiger partial charge in [0.1, 0.15) is 11.1 Å². The number of carbonyl (C=O) groups is 1. The molecule has 5 rings (SSSR count). The number of aromatic nitrogens is 2. The number of piperazine rings is 1. The van der Waals surface area contributed by atoms with Gasteiger partial charge in [-0.1, -0.05) is 41.5 Å². The van der Waals surface area contributed by atoms with E-state index in [-0.39, 0.29) is 24.7 Å². The summed E-state index contributed by atoms with van der Waals surface area (Å²) in [5.74, 6) is 0.638. The minimum atomic E-state index is -0.205. The Morgan fingerprint density at radius 3 is 2.78 bits per heavy atom. The molecule has 4 N–H and O–H groups in total. The van der Waals surface area contributed by atoms with E-state index in [1.165, 1.54) is 16.8 Å². The van der Waals surface area contributed by atoms with Crippen LogP contribution in [-0.2, 0) is 4.74 Å². The van der Waals surface area contributed by atoms with Gasteiger partial charge in [-0.05, 0) is 36.6 Å². The van der Waals surface area contributed by atoms with Crippen molar-refractivity contribution in [3.8, 4) is 0 Å². The second-order valence-electron chi connectivity index (χ2n) is 10.4. The third-order valence-electron chi connectivity index (χ3n) is 7.96. The number of halogens is 1. The Morgan fingerprint density at radius 1 is 1.22 bits per heavy atom.